The number of hydrogen-bond donors (Lipinski definition) is 1. The Labute approximate surface area is 84.4 Å². The Hall–Kier alpha value is -0.630. The van der Waals surface area contributed by atoms with Crippen LogP contribution >= 0.6 is 0 Å². The van der Waals surface area contributed by atoms with Crippen molar-refractivity contribution >= 4 is 0 Å². The molecule has 4 heteroatoms. The maximum absolute atomic E-state index is 9.09. The molecule has 1 saturated heterocycles. The minimum Gasteiger partial charge on any atom is -0.394 e. The van der Waals surface area contributed by atoms with Crippen LogP contribution in [0.3, 0.4) is 0 Å². The molecule has 1 aliphatic heterocycles. The van der Waals surface area contributed by atoms with Gasteiger partial charge in [0.05, 0.1) is 31.5 Å². The normalized spacial score (nSPS) is 31.0. The second-order valence-electron chi connectivity index (χ2n) is 4.21. The molecule has 4 nitrogen and oxygen atoms in total. The summed E-state index contributed by atoms with van der Waals surface area (Å²) in [4.78, 5) is 0. The zero-order valence-electron chi connectivity index (χ0n) is 8.75. The van der Waals surface area contributed by atoms with Crippen LogP contribution in [0.25, 0.3) is 0 Å². The Morgan fingerprint density at radius 3 is 2.79 bits per heavy atom. The highest BCUT2D eigenvalue weighted by atomic mass is 16.5. The number of rotatable bonds is 3. The number of aliphatic hydroxyl groups is 1. The molecular formula is C10H17NO3. The molecule has 1 rings (SSSR count). The molecule has 0 radical (unpaired) electrons. The third-order valence-corrected chi connectivity index (χ3v) is 2.38. The zero-order valence-corrected chi connectivity index (χ0v) is 8.75. The van der Waals surface area contributed by atoms with Gasteiger partial charge in [-0.2, -0.15) is 5.26 Å². The summed E-state index contributed by atoms with van der Waals surface area (Å²) in [6.45, 7) is 4.58. The van der Waals surface area contributed by atoms with Crippen molar-refractivity contribution in [3.05, 3.63) is 0 Å². The highest BCUT2D eigenvalue weighted by Crippen LogP contribution is 2.34. The fraction of sp³-hybridized carbons (Fsp3) is 0.900. The van der Waals surface area contributed by atoms with Crippen molar-refractivity contribution in [3.8, 4) is 6.07 Å². The quantitative estimate of drug-likeness (QED) is 0.731. The highest BCUT2D eigenvalue weighted by molar-refractivity contribution is 5.07. The molecule has 0 aromatic carbocycles. The number of ether oxygens (including phenoxy) is 2. The van der Waals surface area contributed by atoms with Crippen LogP contribution in [-0.2, 0) is 9.47 Å². The fourth-order valence-corrected chi connectivity index (χ4v) is 1.81. The first-order valence-electron chi connectivity index (χ1n) is 4.84. The van der Waals surface area contributed by atoms with Gasteiger partial charge >= 0.3 is 0 Å². The molecule has 0 aromatic rings. The Balaban J connectivity index is 2.65. The van der Waals surface area contributed by atoms with E-state index in [2.05, 4.69) is 6.07 Å². The van der Waals surface area contributed by atoms with E-state index in [1.165, 1.54) is 0 Å². The molecule has 0 spiro atoms. The zero-order chi connectivity index (χ0) is 10.7. The van der Waals surface area contributed by atoms with Crippen LogP contribution in [0, 0.1) is 11.3 Å². The van der Waals surface area contributed by atoms with E-state index < -0.39 is 5.60 Å². The van der Waals surface area contributed by atoms with Gasteiger partial charge in [0, 0.05) is 12.8 Å². The van der Waals surface area contributed by atoms with Gasteiger partial charge in [0.25, 0.3) is 0 Å². The van der Waals surface area contributed by atoms with Crippen LogP contribution in [0.2, 0.25) is 0 Å². The minimum absolute atomic E-state index is 0.0509. The van der Waals surface area contributed by atoms with Crippen LogP contribution < -0.4 is 0 Å². The number of nitriles is 1. The van der Waals surface area contributed by atoms with Gasteiger partial charge in [-0.05, 0) is 13.8 Å². The monoisotopic (exact) mass is 199 g/mol. The third-order valence-electron chi connectivity index (χ3n) is 2.38. The van der Waals surface area contributed by atoms with Crippen LogP contribution in [0.15, 0.2) is 0 Å². The Morgan fingerprint density at radius 2 is 2.29 bits per heavy atom. The first-order valence-corrected chi connectivity index (χ1v) is 4.84. The van der Waals surface area contributed by atoms with Crippen LogP contribution in [0.4, 0.5) is 0 Å². The average molecular weight is 199 g/mol. The molecule has 1 aliphatic rings. The topological polar surface area (TPSA) is 62.5 Å². The lowest BCUT2D eigenvalue weighted by molar-refractivity contribution is -0.148. The maximum atomic E-state index is 9.09. The highest BCUT2D eigenvalue weighted by Gasteiger charge is 2.42. The molecule has 1 heterocycles. The Bertz CT molecular complexity index is 234. The van der Waals surface area contributed by atoms with E-state index >= 15 is 0 Å². The van der Waals surface area contributed by atoms with Gasteiger partial charge in [0.2, 0.25) is 0 Å². The molecule has 0 amide bonds. The third kappa shape index (κ3) is 2.68. The molecular weight excluding hydrogens is 182 g/mol. The van der Waals surface area contributed by atoms with Gasteiger partial charge in [0.1, 0.15) is 0 Å². The summed E-state index contributed by atoms with van der Waals surface area (Å²) in [5.74, 6) is 0. The van der Waals surface area contributed by atoms with Crippen molar-refractivity contribution in [2.24, 2.45) is 0 Å². The first kappa shape index (κ1) is 11.4. The smallest absolute Gasteiger partial charge is 0.159 e. The largest absolute Gasteiger partial charge is 0.394 e. The van der Waals surface area contributed by atoms with Crippen molar-refractivity contribution in [2.45, 2.75) is 37.9 Å². The van der Waals surface area contributed by atoms with Crippen LogP contribution in [-0.4, -0.2) is 36.1 Å². The van der Waals surface area contributed by atoms with E-state index in [9.17, 15) is 0 Å². The van der Waals surface area contributed by atoms with E-state index in [0.717, 1.165) is 0 Å². The average Bonchev–Trinajstić information content (AvgIpc) is 2.13. The molecule has 0 bridgehead atoms. The molecule has 1 atom stereocenters. The van der Waals surface area contributed by atoms with Crippen molar-refractivity contribution < 1.29 is 14.6 Å². The lowest BCUT2D eigenvalue weighted by Gasteiger charge is -2.40. The van der Waals surface area contributed by atoms with Gasteiger partial charge in [-0.25, -0.2) is 0 Å². The van der Waals surface area contributed by atoms with E-state index in [1.54, 1.807) is 0 Å². The lowest BCUT2D eigenvalue weighted by atomic mass is 9.85. The summed E-state index contributed by atoms with van der Waals surface area (Å²) in [6.07, 6.45) is 1.13. The van der Waals surface area contributed by atoms with Crippen molar-refractivity contribution in [1.82, 2.24) is 0 Å². The second kappa shape index (κ2) is 4.26. The Morgan fingerprint density at radius 1 is 1.57 bits per heavy atom. The number of hydrogen-bond acceptors (Lipinski definition) is 4. The van der Waals surface area contributed by atoms with Crippen LogP contribution in [0.1, 0.15) is 26.7 Å². The van der Waals surface area contributed by atoms with Crippen molar-refractivity contribution in [1.29, 1.82) is 5.26 Å². The lowest BCUT2D eigenvalue weighted by Crippen LogP contribution is -2.47. The SMILES string of the molecule is CC1(C)CC(C#N)(OCCO)CCO1. The summed E-state index contributed by atoms with van der Waals surface area (Å²) < 4.78 is 10.9. The summed E-state index contributed by atoms with van der Waals surface area (Å²) in [5.41, 5.74) is -1.09. The molecule has 80 valence electrons. The summed E-state index contributed by atoms with van der Waals surface area (Å²) in [7, 11) is 0. The molecule has 0 aromatic heterocycles. The fourth-order valence-electron chi connectivity index (χ4n) is 1.81. The van der Waals surface area contributed by atoms with Crippen molar-refractivity contribution in [3.63, 3.8) is 0 Å². The minimum atomic E-state index is -0.773. The van der Waals surface area contributed by atoms with Crippen LogP contribution in [0.5, 0.6) is 0 Å². The maximum Gasteiger partial charge on any atom is 0.159 e. The molecule has 1 unspecified atom stereocenters. The summed E-state index contributed by atoms with van der Waals surface area (Å²) >= 11 is 0. The molecule has 14 heavy (non-hydrogen) atoms. The van der Waals surface area contributed by atoms with E-state index in [-0.39, 0.29) is 18.8 Å². The van der Waals surface area contributed by atoms with E-state index in [0.29, 0.717) is 19.4 Å². The molecule has 0 aliphatic carbocycles. The second-order valence-corrected chi connectivity index (χ2v) is 4.21. The van der Waals surface area contributed by atoms with E-state index in [4.69, 9.17) is 19.8 Å². The summed E-state index contributed by atoms with van der Waals surface area (Å²) in [6, 6.07) is 2.19. The molecule has 1 N–H and O–H groups in total. The van der Waals surface area contributed by atoms with Gasteiger partial charge in [0.15, 0.2) is 5.60 Å². The Kier molecular flexibility index (Phi) is 3.48. The van der Waals surface area contributed by atoms with Gasteiger partial charge in [-0.15, -0.1) is 0 Å². The number of aliphatic hydroxyl groups excluding tert-OH is 1. The molecule has 0 saturated carbocycles. The van der Waals surface area contributed by atoms with E-state index in [1.807, 2.05) is 13.8 Å². The van der Waals surface area contributed by atoms with Gasteiger partial charge < -0.3 is 14.6 Å². The molecule has 1 fully saturated rings. The standard InChI is InChI=1S/C10H17NO3/c1-9(2)7-10(8-11,3-5-13-9)14-6-4-12/h12H,3-7H2,1-2H3. The number of nitrogens with zero attached hydrogens (tertiary/aromatic N) is 1. The predicted octanol–water partition coefficient (Wildman–Crippen LogP) is 0.847. The first-order chi connectivity index (χ1) is 6.54. The van der Waals surface area contributed by atoms with Gasteiger partial charge in [-0.3, -0.25) is 0 Å². The van der Waals surface area contributed by atoms with Crippen molar-refractivity contribution in [2.75, 3.05) is 19.8 Å². The predicted molar refractivity (Wildman–Crippen MR) is 50.6 cm³/mol. The van der Waals surface area contributed by atoms with Gasteiger partial charge in [-0.1, -0.05) is 0 Å². The summed E-state index contributed by atoms with van der Waals surface area (Å²) in [5, 5.41) is 17.8.